The van der Waals surface area contributed by atoms with Gasteiger partial charge in [0.1, 0.15) is 0 Å². The van der Waals surface area contributed by atoms with E-state index in [9.17, 15) is 9.59 Å². The quantitative estimate of drug-likeness (QED) is 0.612. The maximum absolute atomic E-state index is 11.3. The lowest BCUT2D eigenvalue weighted by atomic mass is 10.2. The minimum Gasteiger partial charge on any atom is -0.322 e. The molecular weight excluding hydrogens is 304 g/mol. The summed E-state index contributed by atoms with van der Waals surface area (Å²) in [5, 5.41) is 13.6. The van der Waals surface area contributed by atoms with Gasteiger partial charge in [-0.2, -0.15) is 10.2 Å². The third kappa shape index (κ3) is 5.03. The molecule has 2 aromatic rings. The van der Waals surface area contributed by atoms with Crippen molar-refractivity contribution >= 4 is 34.6 Å². The van der Waals surface area contributed by atoms with Gasteiger partial charge < -0.3 is 10.6 Å². The molecule has 0 heterocycles. The van der Waals surface area contributed by atoms with Gasteiger partial charge in [-0.25, -0.2) is 0 Å². The first-order valence-corrected chi connectivity index (χ1v) is 7.09. The minimum absolute atomic E-state index is 0.297. The average Bonchev–Trinajstić information content (AvgIpc) is 2.60. The number of nitrogens with zero attached hydrogens (tertiary/aromatic N) is 2. The van der Waals surface area contributed by atoms with Crippen LogP contribution in [0.2, 0.25) is 0 Å². The Morgan fingerprint density at radius 1 is 0.792 bits per heavy atom. The van der Waals surface area contributed by atoms with Crippen molar-refractivity contribution in [2.75, 3.05) is 10.6 Å². The molecule has 120 valence electrons. The fraction of sp³-hybridized carbons (Fsp3) is 0. The van der Waals surface area contributed by atoms with Crippen molar-refractivity contribution in [2.45, 2.75) is 0 Å². The van der Waals surface area contributed by atoms with Crippen LogP contribution in [0.4, 0.5) is 22.7 Å². The zero-order valence-electron chi connectivity index (χ0n) is 12.9. The number of anilines is 2. The number of rotatable bonds is 6. The third-order valence-corrected chi connectivity index (χ3v) is 2.88. The molecule has 24 heavy (non-hydrogen) atoms. The molecule has 0 spiro atoms. The fourth-order valence-electron chi connectivity index (χ4n) is 1.79. The van der Waals surface area contributed by atoms with E-state index in [0.717, 1.165) is 0 Å². The summed E-state index contributed by atoms with van der Waals surface area (Å²) >= 11 is 0. The van der Waals surface area contributed by atoms with Gasteiger partial charge in [-0.05, 0) is 48.6 Å². The van der Waals surface area contributed by atoms with E-state index in [1.165, 1.54) is 12.2 Å². The van der Waals surface area contributed by atoms with Crippen LogP contribution in [0.3, 0.4) is 0 Å². The van der Waals surface area contributed by atoms with Crippen LogP contribution in [-0.2, 0) is 9.59 Å². The zero-order valence-corrected chi connectivity index (χ0v) is 12.9. The van der Waals surface area contributed by atoms with Crippen LogP contribution in [0.25, 0.3) is 0 Å². The molecule has 0 radical (unpaired) electrons. The molecule has 0 bridgehead atoms. The molecule has 0 unspecified atom stereocenters. The Labute approximate surface area is 139 Å². The summed E-state index contributed by atoms with van der Waals surface area (Å²) in [6.45, 7) is 6.80. The number of hydrogen-bond donors (Lipinski definition) is 2. The molecule has 0 aliphatic rings. The van der Waals surface area contributed by atoms with Gasteiger partial charge >= 0.3 is 0 Å². The molecule has 0 saturated heterocycles. The first-order valence-electron chi connectivity index (χ1n) is 7.09. The Kier molecular flexibility index (Phi) is 5.74. The van der Waals surface area contributed by atoms with Crippen molar-refractivity contribution in [3.05, 3.63) is 73.8 Å². The predicted molar refractivity (Wildman–Crippen MR) is 94.7 cm³/mol. The van der Waals surface area contributed by atoms with E-state index in [1.807, 2.05) is 0 Å². The summed E-state index contributed by atoms with van der Waals surface area (Å²) in [5.74, 6) is -0.593. The average molecular weight is 320 g/mol. The van der Waals surface area contributed by atoms with Gasteiger partial charge in [0, 0.05) is 11.4 Å². The largest absolute Gasteiger partial charge is 0.322 e. The van der Waals surface area contributed by atoms with Crippen LogP contribution < -0.4 is 10.6 Å². The summed E-state index contributed by atoms with van der Waals surface area (Å²) in [7, 11) is 0. The molecule has 0 aliphatic heterocycles. The van der Waals surface area contributed by atoms with Crippen LogP contribution in [0, 0.1) is 0 Å². The highest BCUT2D eigenvalue weighted by atomic mass is 16.2. The van der Waals surface area contributed by atoms with Crippen molar-refractivity contribution in [2.24, 2.45) is 10.2 Å². The number of carbonyl (C=O) groups excluding carboxylic acids is 2. The maximum atomic E-state index is 11.3. The van der Waals surface area contributed by atoms with E-state index in [1.54, 1.807) is 48.5 Å². The molecule has 2 amide bonds. The molecule has 2 N–H and O–H groups in total. The van der Waals surface area contributed by atoms with E-state index in [2.05, 4.69) is 34.0 Å². The molecule has 2 rings (SSSR count). The van der Waals surface area contributed by atoms with Crippen LogP contribution in [0.15, 0.2) is 84.1 Å². The van der Waals surface area contributed by atoms with Crippen LogP contribution >= 0.6 is 0 Å². The summed E-state index contributed by atoms with van der Waals surface area (Å²) < 4.78 is 0. The minimum atomic E-state index is -0.297. The standard InChI is InChI=1S/C18H16N4O2/c1-3-17(23)19-13-7-5-9-15(11-13)21-22-16-10-6-8-14(12-16)20-18(24)4-2/h3-12H,1-2H2,(H,19,23)(H,20,24). The van der Waals surface area contributed by atoms with E-state index >= 15 is 0 Å². The van der Waals surface area contributed by atoms with E-state index in [-0.39, 0.29) is 11.8 Å². The topological polar surface area (TPSA) is 82.9 Å². The summed E-state index contributed by atoms with van der Waals surface area (Å²) in [4.78, 5) is 22.6. The Morgan fingerprint density at radius 3 is 1.58 bits per heavy atom. The van der Waals surface area contributed by atoms with E-state index < -0.39 is 0 Å². The number of hydrogen-bond acceptors (Lipinski definition) is 4. The molecule has 2 aromatic carbocycles. The van der Waals surface area contributed by atoms with Crippen LogP contribution in [0.1, 0.15) is 0 Å². The number of carbonyl (C=O) groups is 2. The second kappa shape index (κ2) is 8.19. The van der Waals surface area contributed by atoms with Gasteiger partial charge in [-0.1, -0.05) is 25.3 Å². The second-order valence-corrected chi connectivity index (χ2v) is 4.69. The van der Waals surface area contributed by atoms with Crippen LogP contribution in [-0.4, -0.2) is 11.8 Å². The van der Waals surface area contributed by atoms with Crippen molar-refractivity contribution in [3.8, 4) is 0 Å². The number of benzene rings is 2. The van der Waals surface area contributed by atoms with Crippen molar-refractivity contribution in [1.29, 1.82) is 0 Å². The summed E-state index contributed by atoms with van der Waals surface area (Å²) in [6.07, 6.45) is 2.38. The van der Waals surface area contributed by atoms with Gasteiger partial charge in [0.2, 0.25) is 11.8 Å². The number of amides is 2. The number of nitrogens with one attached hydrogen (secondary N) is 2. The lowest BCUT2D eigenvalue weighted by Gasteiger charge is -2.03. The zero-order chi connectivity index (χ0) is 17.4. The maximum Gasteiger partial charge on any atom is 0.247 e. The van der Waals surface area contributed by atoms with E-state index in [4.69, 9.17) is 0 Å². The monoisotopic (exact) mass is 320 g/mol. The SMILES string of the molecule is C=CC(=O)Nc1cccc(N=Nc2cccc(NC(=O)C=C)c2)c1. The van der Waals surface area contributed by atoms with Gasteiger partial charge in [0.15, 0.2) is 0 Å². The van der Waals surface area contributed by atoms with Crippen molar-refractivity contribution in [1.82, 2.24) is 0 Å². The van der Waals surface area contributed by atoms with Gasteiger partial charge in [0.05, 0.1) is 11.4 Å². The Bertz CT molecular complexity index is 745. The molecule has 0 atom stereocenters. The fourth-order valence-corrected chi connectivity index (χ4v) is 1.79. The lowest BCUT2D eigenvalue weighted by Crippen LogP contribution is -2.06. The highest BCUT2D eigenvalue weighted by molar-refractivity contribution is 5.99. The Hall–Kier alpha value is -3.54. The first-order chi connectivity index (χ1) is 11.6. The van der Waals surface area contributed by atoms with Crippen molar-refractivity contribution < 1.29 is 9.59 Å². The smallest absolute Gasteiger partial charge is 0.247 e. The lowest BCUT2D eigenvalue weighted by molar-refractivity contribution is -0.112. The molecule has 6 heteroatoms. The Balaban J connectivity index is 2.13. The molecule has 0 fully saturated rings. The van der Waals surface area contributed by atoms with E-state index in [0.29, 0.717) is 22.7 Å². The highest BCUT2D eigenvalue weighted by Gasteiger charge is 2.00. The summed E-state index contributed by atoms with van der Waals surface area (Å²) in [6, 6.07) is 13.9. The highest BCUT2D eigenvalue weighted by Crippen LogP contribution is 2.23. The molecule has 0 saturated carbocycles. The van der Waals surface area contributed by atoms with Gasteiger partial charge in [-0.3, -0.25) is 9.59 Å². The normalized spacial score (nSPS) is 10.2. The molecule has 0 aliphatic carbocycles. The molecular formula is C18H16N4O2. The van der Waals surface area contributed by atoms with Crippen molar-refractivity contribution in [3.63, 3.8) is 0 Å². The molecule has 6 nitrogen and oxygen atoms in total. The molecule has 0 aromatic heterocycles. The second-order valence-electron chi connectivity index (χ2n) is 4.69. The third-order valence-electron chi connectivity index (χ3n) is 2.88. The van der Waals surface area contributed by atoms with Gasteiger partial charge in [0.25, 0.3) is 0 Å². The van der Waals surface area contributed by atoms with Gasteiger partial charge in [-0.15, -0.1) is 0 Å². The summed E-state index contributed by atoms with van der Waals surface area (Å²) in [5.41, 5.74) is 2.36. The first kappa shape index (κ1) is 16.8. The number of azo groups is 1. The Morgan fingerprint density at radius 2 is 1.21 bits per heavy atom. The van der Waals surface area contributed by atoms with Crippen LogP contribution in [0.5, 0.6) is 0 Å². The predicted octanol–water partition coefficient (Wildman–Crippen LogP) is 4.35.